The van der Waals surface area contributed by atoms with E-state index in [-0.39, 0.29) is 0 Å². The van der Waals surface area contributed by atoms with Crippen LogP contribution in [0.4, 0.5) is 0 Å². The molecule has 0 spiro atoms. The summed E-state index contributed by atoms with van der Waals surface area (Å²) in [5.74, 6) is 0. The average molecular weight is 275 g/mol. The van der Waals surface area contributed by atoms with E-state index >= 15 is 0 Å². The molecular formula is C14H9N7. The summed E-state index contributed by atoms with van der Waals surface area (Å²) in [4.78, 5) is 0. The van der Waals surface area contributed by atoms with Gasteiger partial charge in [-0.25, -0.2) is 4.68 Å². The van der Waals surface area contributed by atoms with Crippen molar-refractivity contribution in [1.82, 2.24) is 34.2 Å². The standard InChI is InChI=1S/C14H9N7/c1-2-5-10(6-3-1)20-14-12(9-15-20)21-13(16-17-18-21)11-7-4-8-19(11)14/h1-9H. The highest BCUT2D eigenvalue weighted by Gasteiger charge is 2.15. The summed E-state index contributed by atoms with van der Waals surface area (Å²) in [6, 6.07) is 14.0. The first-order chi connectivity index (χ1) is 10.4. The van der Waals surface area contributed by atoms with Crippen LogP contribution in [0.3, 0.4) is 0 Å². The molecular weight excluding hydrogens is 266 g/mol. The monoisotopic (exact) mass is 275 g/mol. The van der Waals surface area contributed by atoms with Gasteiger partial charge in [0.05, 0.1) is 17.4 Å². The van der Waals surface area contributed by atoms with Crippen molar-refractivity contribution in [2.45, 2.75) is 0 Å². The van der Waals surface area contributed by atoms with Gasteiger partial charge in [0.2, 0.25) is 5.65 Å². The third-order valence-electron chi connectivity index (χ3n) is 3.63. The largest absolute Gasteiger partial charge is 0.296 e. The number of rotatable bonds is 1. The molecule has 100 valence electrons. The number of fused-ring (bicyclic) bond motifs is 6. The van der Waals surface area contributed by atoms with Crippen molar-refractivity contribution in [3.05, 3.63) is 54.9 Å². The fourth-order valence-corrected chi connectivity index (χ4v) is 2.72. The van der Waals surface area contributed by atoms with E-state index < -0.39 is 0 Å². The Labute approximate surface area is 118 Å². The second kappa shape index (κ2) is 3.66. The molecule has 0 aliphatic carbocycles. The third-order valence-corrected chi connectivity index (χ3v) is 3.63. The molecule has 0 saturated heterocycles. The summed E-state index contributed by atoms with van der Waals surface area (Å²) in [6.07, 6.45) is 3.78. The molecule has 0 unspecified atom stereocenters. The second-order valence-corrected chi connectivity index (χ2v) is 4.78. The molecule has 7 nitrogen and oxygen atoms in total. The summed E-state index contributed by atoms with van der Waals surface area (Å²) < 4.78 is 5.67. The number of benzene rings is 1. The molecule has 0 fully saturated rings. The lowest BCUT2D eigenvalue weighted by Crippen LogP contribution is -2.02. The maximum absolute atomic E-state index is 4.50. The van der Waals surface area contributed by atoms with Gasteiger partial charge < -0.3 is 0 Å². The summed E-state index contributed by atoms with van der Waals surface area (Å²) in [5, 5.41) is 16.4. The van der Waals surface area contributed by atoms with Gasteiger partial charge in [0, 0.05) is 6.20 Å². The van der Waals surface area contributed by atoms with E-state index in [0.29, 0.717) is 0 Å². The Bertz CT molecular complexity index is 1050. The van der Waals surface area contributed by atoms with Crippen molar-refractivity contribution in [1.29, 1.82) is 0 Å². The number of aromatic nitrogens is 7. The van der Waals surface area contributed by atoms with Crippen LogP contribution in [-0.2, 0) is 0 Å². The zero-order chi connectivity index (χ0) is 13.8. The minimum atomic E-state index is 0.722. The van der Waals surface area contributed by atoms with Gasteiger partial charge in [0.25, 0.3) is 0 Å². The van der Waals surface area contributed by atoms with Gasteiger partial charge in [-0.05, 0) is 34.7 Å². The predicted molar refractivity (Wildman–Crippen MR) is 76.4 cm³/mol. The first-order valence-electron chi connectivity index (χ1n) is 6.54. The lowest BCUT2D eigenvalue weighted by molar-refractivity contribution is 0.840. The number of para-hydroxylation sites is 1. The molecule has 0 N–H and O–H groups in total. The number of hydrogen-bond donors (Lipinski definition) is 0. The van der Waals surface area contributed by atoms with Gasteiger partial charge >= 0.3 is 0 Å². The van der Waals surface area contributed by atoms with Crippen LogP contribution in [0.1, 0.15) is 0 Å². The molecule has 0 atom stereocenters. The van der Waals surface area contributed by atoms with Gasteiger partial charge in [-0.1, -0.05) is 18.2 Å². The molecule has 0 aliphatic rings. The van der Waals surface area contributed by atoms with Crippen molar-refractivity contribution < 1.29 is 0 Å². The van der Waals surface area contributed by atoms with Crippen molar-refractivity contribution in [2.24, 2.45) is 0 Å². The Kier molecular flexibility index (Phi) is 1.84. The van der Waals surface area contributed by atoms with Gasteiger partial charge in [0.1, 0.15) is 5.52 Å². The van der Waals surface area contributed by atoms with E-state index in [1.807, 2.05) is 53.3 Å². The first kappa shape index (κ1) is 10.6. The molecule has 4 aromatic heterocycles. The average Bonchev–Trinajstić information content (AvgIpc) is 3.25. The quantitative estimate of drug-likeness (QED) is 0.467. The lowest BCUT2D eigenvalue weighted by Gasteiger charge is -2.06. The van der Waals surface area contributed by atoms with E-state index in [9.17, 15) is 0 Å². The fraction of sp³-hybridized carbons (Fsp3) is 0. The van der Waals surface area contributed by atoms with E-state index in [0.717, 1.165) is 28.0 Å². The third kappa shape index (κ3) is 1.27. The molecule has 4 heterocycles. The van der Waals surface area contributed by atoms with Crippen LogP contribution in [0, 0.1) is 0 Å². The molecule has 0 bridgehead atoms. The minimum Gasteiger partial charge on any atom is -0.296 e. The zero-order valence-corrected chi connectivity index (χ0v) is 10.8. The Morgan fingerprint density at radius 2 is 1.81 bits per heavy atom. The summed E-state index contributed by atoms with van der Waals surface area (Å²) in [6.45, 7) is 0. The summed E-state index contributed by atoms with van der Waals surface area (Å²) in [5.41, 5.74) is 4.46. The fourth-order valence-electron chi connectivity index (χ4n) is 2.72. The van der Waals surface area contributed by atoms with Crippen LogP contribution >= 0.6 is 0 Å². The first-order valence-corrected chi connectivity index (χ1v) is 6.54. The normalized spacial score (nSPS) is 11.8. The van der Waals surface area contributed by atoms with E-state index in [2.05, 4.69) is 25.0 Å². The second-order valence-electron chi connectivity index (χ2n) is 4.78. The lowest BCUT2D eigenvalue weighted by atomic mass is 10.3. The zero-order valence-electron chi connectivity index (χ0n) is 10.8. The Hall–Kier alpha value is -3.22. The highest BCUT2D eigenvalue weighted by atomic mass is 15.5. The van der Waals surface area contributed by atoms with E-state index in [4.69, 9.17) is 0 Å². The summed E-state index contributed by atoms with van der Waals surface area (Å²) >= 11 is 0. The number of nitrogens with zero attached hydrogens (tertiary/aromatic N) is 7. The van der Waals surface area contributed by atoms with Gasteiger partial charge in [-0.3, -0.25) is 4.40 Å². The highest BCUT2D eigenvalue weighted by Crippen LogP contribution is 2.22. The van der Waals surface area contributed by atoms with Crippen LogP contribution in [0.15, 0.2) is 54.9 Å². The van der Waals surface area contributed by atoms with Crippen molar-refractivity contribution >= 4 is 22.3 Å². The molecule has 0 amide bonds. The smallest absolute Gasteiger partial charge is 0.204 e. The van der Waals surface area contributed by atoms with Crippen LogP contribution in [0.2, 0.25) is 0 Å². The molecule has 21 heavy (non-hydrogen) atoms. The molecule has 0 radical (unpaired) electrons. The van der Waals surface area contributed by atoms with Crippen LogP contribution in [-0.4, -0.2) is 34.2 Å². The summed E-state index contributed by atoms with van der Waals surface area (Å²) in [7, 11) is 0. The van der Waals surface area contributed by atoms with E-state index in [1.165, 1.54) is 0 Å². The van der Waals surface area contributed by atoms with Gasteiger partial charge in [0.15, 0.2) is 5.65 Å². The maximum atomic E-state index is 4.50. The van der Waals surface area contributed by atoms with Crippen molar-refractivity contribution in [3.8, 4) is 5.69 Å². The Balaban J connectivity index is 2.05. The van der Waals surface area contributed by atoms with Crippen LogP contribution < -0.4 is 0 Å². The molecule has 5 rings (SSSR count). The number of hydrogen-bond acceptors (Lipinski definition) is 4. The molecule has 5 aromatic rings. The van der Waals surface area contributed by atoms with Gasteiger partial charge in [-0.15, -0.1) is 5.10 Å². The Morgan fingerprint density at radius 3 is 2.71 bits per heavy atom. The van der Waals surface area contributed by atoms with E-state index in [1.54, 1.807) is 10.7 Å². The molecule has 1 aromatic carbocycles. The van der Waals surface area contributed by atoms with Gasteiger partial charge in [-0.2, -0.15) is 9.61 Å². The molecule has 0 saturated carbocycles. The Morgan fingerprint density at radius 1 is 0.905 bits per heavy atom. The topological polar surface area (TPSA) is 65.3 Å². The molecule has 7 heteroatoms. The van der Waals surface area contributed by atoms with Crippen LogP contribution in [0.25, 0.3) is 28.0 Å². The number of tetrazole rings is 1. The molecule has 0 aliphatic heterocycles. The minimum absolute atomic E-state index is 0.722. The van der Waals surface area contributed by atoms with Crippen LogP contribution in [0.5, 0.6) is 0 Å². The van der Waals surface area contributed by atoms with Crippen molar-refractivity contribution in [3.63, 3.8) is 0 Å². The SMILES string of the molecule is c1ccc(-n2ncc3c2n2cccc2c2nnnn32)cc1. The highest BCUT2D eigenvalue weighted by molar-refractivity contribution is 5.85. The van der Waals surface area contributed by atoms with Crippen molar-refractivity contribution in [2.75, 3.05) is 0 Å². The maximum Gasteiger partial charge on any atom is 0.204 e. The predicted octanol–water partition coefficient (Wildman–Crippen LogP) is 1.72.